The second-order valence-corrected chi connectivity index (χ2v) is 9.65. The van der Waals surface area contributed by atoms with Gasteiger partial charge < -0.3 is 24.7 Å². The molecule has 0 bridgehead atoms. The molecule has 3 aromatic carbocycles. The molecule has 198 valence electrons. The smallest absolute Gasteiger partial charge is 0.262 e. The molecule has 1 aliphatic rings. The highest BCUT2D eigenvalue weighted by atomic mass is 32.1. The Labute approximate surface area is 237 Å². The van der Waals surface area contributed by atoms with Gasteiger partial charge in [0.1, 0.15) is 23.3 Å². The maximum absolute atomic E-state index is 12.4. The molecule has 40 heavy (non-hydrogen) atoms. The summed E-state index contributed by atoms with van der Waals surface area (Å²) in [7, 11) is 0. The number of amides is 1. The Bertz CT molecular complexity index is 1590. The number of nitrogens with one attached hydrogen (secondary N) is 2. The second kappa shape index (κ2) is 11.4. The van der Waals surface area contributed by atoms with E-state index < -0.39 is 0 Å². The molecule has 3 heterocycles. The lowest BCUT2D eigenvalue weighted by Crippen LogP contribution is -2.29. The van der Waals surface area contributed by atoms with Crippen molar-refractivity contribution >= 4 is 34.6 Å². The van der Waals surface area contributed by atoms with Gasteiger partial charge in [-0.1, -0.05) is 54.6 Å². The third-order valence-corrected chi connectivity index (χ3v) is 6.93. The second-order valence-electron chi connectivity index (χ2n) is 9.26. The highest BCUT2D eigenvalue weighted by molar-refractivity contribution is 7.80. The van der Waals surface area contributed by atoms with Crippen LogP contribution in [0.25, 0.3) is 11.3 Å². The Morgan fingerprint density at radius 2 is 1.62 bits per heavy atom. The largest absolute Gasteiger partial charge is 0.484 e. The zero-order valence-electron chi connectivity index (χ0n) is 21.4. The third kappa shape index (κ3) is 5.43. The van der Waals surface area contributed by atoms with Gasteiger partial charge in [0, 0.05) is 23.1 Å². The van der Waals surface area contributed by atoms with Crippen LogP contribution in [-0.4, -0.2) is 22.6 Å². The fourth-order valence-corrected chi connectivity index (χ4v) is 5.11. The summed E-state index contributed by atoms with van der Waals surface area (Å²) < 4.78 is 12.0. The molecule has 0 saturated carbocycles. The first-order valence-corrected chi connectivity index (χ1v) is 13.3. The van der Waals surface area contributed by atoms with E-state index in [0.717, 1.165) is 28.5 Å². The van der Waals surface area contributed by atoms with Gasteiger partial charge in [0.25, 0.3) is 5.91 Å². The normalized spacial score (nSPS) is 16.4. The van der Waals surface area contributed by atoms with E-state index in [9.17, 15) is 4.79 Å². The number of carbonyl (C=O) groups excluding carboxylic acids is 1. The van der Waals surface area contributed by atoms with Crippen molar-refractivity contribution < 1.29 is 13.9 Å². The fraction of sp³-hybridized carbons (Fsp3) is 0.0938. The lowest BCUT2D eigenvalue weighted by Gasteiger charge is -2.26. The van der Waals surface area contributed by atoms with Crippen molar-refractivity contribution in [1.29, 1.82) is 0 Å². The standard InChI is InChI=1S/C32H26N4O3S/c37-29(21-38-25-11-5-2-6-12-25)34-23-14-16-24(17-15-23)36-31(30(35-32(36)40)26-13-7-8-20-33-26)28-19-18-27(39-28)22-9-3-1-4-10-22/h1-20,30-31H,21H2,(H,34,37)(H,35,40)/t30-,31+/m0/s1. The van der Waals surface area contributed by atoms with Crippen LogP contribution < -0.4 is 20.3 Å². The van der Waals surface area contributed by atoms with Gasteiger partial charge in [0.2, 0.25) is 0 Å². The Kier molecular flexibility index (Phi) is 7.24. The van der Waals surface area contributed by atoms with E-state index >= 15 is 0 Å². The molecule has 0 unspecified atom stereocenters. The van der Waals surface area contributed by atoms with Crippen molar-refractivity contribution in [3.63, 3.8) is 0 Å². The van der Waals surface area contributed by atoms with E-state index in [1.807, 2.05) is 120 Å². The first kappa shape index (κ1) is 25.3. The SMILES string of the molecule is O=C(COc1ccccc1)Nc1ccc(N2C(=S)N[C@@H](c3ccccn3)[C@H]2c2ccc(-c3ccccc3)o2)cc1. The monoisotopic (exact) mass is 546 g/mol. The molecule has 2 atom stereocenters. The molecule has 2 aromatic heterocycles. The number of hydrogen-bond donors (Lipinski definition) is 2. The van der Waals surface area contributed by atoms with Crippen molar-refractivity contribution in [1.82, 2.24) is 10.3 Å². The minimum Gasteiger partial charge on any atom is -0.484 e. The van der Waals surface area contributed by atoms with Crippen LogP contribution in [0.15, 0.2) is 126 Å². The number of pyridine rings is 1. The van der Waals surface area contributed by atoms with Gasteiger partial charge in [-0.3, -0.25) is 9.78 Å². The first-order valence-electron chi connectivity index (χ1n) is 12.9. The molecule has 6 rings (SSSR count). The summed E-state index contributed by atoms with van der Waals surface area (Å²) in [5.41, 5.74) is 3.37. The highest BCUT2D eigenvalue weighted by Crippen LogP contribution is 2.43. The Morgan fingerprint density at radius 3 is 2.35 bits per heavy atom. The molecule has 5 aromatic rings. The number of nitrogens with zero attached hydrogens (tertiary/aromatic N) is 2. The number of thiocarbonyl (C=S) groups is 1. The minimum atomic E-state index is -0.278. The van der Waals surface area contributed by atoms with E-state index in [4.69, 9.17) is 21.4 Å². The van der Waals surface area contributed by atoms with Gasteiger partial charge in [0.05, 0.1) is 11.7 Å². The molecule has 0 aliphatic carbocycles. The highest BCUT2D eigenvalue weighted by Gasteiger charge is 2.42. The summed E-state index contributed by atoms with van der Waals surface area (Å²) >= 11 is 5.82. The molecule has 0 spiro atoms. The van der Waals surface area contributed by atoms with Crippen LogP contribution in [0.5, 0.6) is 5.75 Å². The number of benzene rings is 3. The van der Waals surface area contributed by atoms with E-state index in [0.29, 0.717) is 16.5 Å². The van der Waals surface area contributed by atoms with E-state index in [-0.39, 0.29) is 24.6 Å². The summed E-state index contributed by atoms with van der Waals surface area (Å²) in [4.78, 5) is 19.1. The molecule has 1 fully saturated rings. The average molecular weight is 547 g/mol. The molecule has 0 radical (unpaired) electrons. The molecule has 1 saturated heterocycles. The third-order valence-electron chi connectivity index (χ3n) is 6.62. The topological polar surface area (TPSA) is 79.6 Å². The average Bonchev–Trinajstić information content (AvgIpc) is 3.63. The van der Waals surface area contributed by atoms with Crippen LogP contribution in [0.4, 0.5) is 11.4 Å². The maximum Gasteiger partial charge on any atom is 0.262 e. The van der Waals surface area contributed by atoms with Crippen LogP contribution in [-0.2, 0) is 4.79 Å². The number of para-hydroxylation sites is 1. The molecule has 8 heteroatoms. The minimum absolute atomic E-state index is 0.0814. The van der Waals surface area contributed by atoms with Crippen LogP contribution in [0.3, 0.4) is 0 Å². The van der Waals surface area contributed by atoms with Crippen molar-refractivity contribution in [2.75, 3.05) is 16.8 Å². The Morgan fingerprint density at radius 1 is 0.900 bits per heavy atom. The summed E-state index contributed by atoms with van der Waals surface area (Å²) in [6.07, 6.45) is 1.77. The van der Waals surface area contributed by atoms with Crippen LogP contribution in [0, 0.1) is 0 Å². The predicted molar refractivity (Wildman–Crippen MR) is 159 cm³/mol. The van der Waals surface area contributed by atoms with Crippen LogP contribution in [0.1, 0.15) is 23.5 Å². The number of aromatic nitrogens is 1. The van der Waals surface area contributed by atoms with Crippen LogP contribution in [0.2, 0.25) is 0 Å². The number of rotatable bonds is 8. The Hall–Kier alpha value is -4.95. The first-order chi connectivity index (χ1) is 19.7. The fourth-order valence-electron chi connectivity index (χ4n) is 4.76. The number of ether oxygens (including phenoxy) is 1. The zero-order chi connectivity index (χ0) is 27.3. The molecule has 1 aliphatic heterocycles. The van der Waals surface area contributed by atoms with Gasteiger partial charge in [-0.25, -0.2) is 0 Å². The Balaban J connectivity index is 1.24. The molecule has 1 amide bonds. The number of anilines is 2. The summed E-state index contributed by atoms with van der Waals surface area (Å²) in [5, 5.41) is 6.89. The maximum atomic E-state index is 12.4. The lowest BCUT2D eigenvalue weighted by atomic mass is 10.0. The van der Waals surface area contributed by atoms with E-state index in [1.54, 1.807) is 6.20 Å². The van der Waals surface area contributed by atoms with E-state index in [2.05, 4.69) is 15.6 Å². The van der Waals surface area contributed by atoms with Gasteiger partial charge >= 0.3 is 0 Å². The summed E-state index contributed by atoms with van der Waals surface area (Å²) in [5.74, 6) is 1.94. The number of hydrogen-bond acceptors (Lipinski definition) is 5. The quantitative estimate of drug-likeness (QED) is 0.214. The van der Waals surface area contributed by atoms with Gasteiger partial charge in [0.15, 0.2) is 11.7 Å². The number of furan rings is 1. The summed E-state index contributed by atoms with van der Waals surface area (Å²) in [6.45, 7) is -0.0814. The van der Waals surface area contributed by atoms with Crippen molar-refractivity contribution in [3.8, 4) is 17.1 Å². The molecular weight excluding hydrogens is 520 g/mol. The van der Waals surface area contributed by atoms with Crippen molar-refractivity contribution in [2.24, 2.45) is 0 Å². The van der Waals surface area contributed by atoms with Gasteiger partial charge in [-0.05, 0) is 72.9 Å². The van der Waals surface area contributed by atoms with Crippen molar-refractivity contribution in [3.05, 3.63) is 133 Å². The van der Waals surface area contributed by atoms with Gasteiger partial charge in [-0.15, -0.1) is 0 Å². The predicted octanol–water partition coefficient (Wildman–Crippen LogP) is 6.54. The van der Waals surface area contributed by atoms with Gasteiger partial charge in [-0.2, -0.15) is 0 Å². The molecule has 2 N–H and O–H groups in total. The molecule has 7 nitrogen and oxygen atoms in total. The summed E-state index contributed by atoms with van der Waals surface area (Å²) in [6, 6.07) is 36.1. The number of carbonyl (C=O) groups is 1. The van der Waals surface area contributed by atoms with E-state index in [1.165, 1.54) is 0 Å². The zero-order valence-corrected chi connectivity index (χ0v) is 22.3. The molecular formula is C32H26N4O3S. The van der Waals surface area contributed by atoms with Crippen LogP contribution >= 0.6 is 12.2 Å². The van der Waals surface area contributed by atoms with Crippen molar-refractivity contribution in [2.45, 2.75) is 12.1 Å². The lowest BCUT2D eigenvalue weighted by molar-refractivity contribution is -0.118.